The van der Waals surface area contributed by atoms with E-state index < -0.39 is 0 Å². The van der Waals surface area contributed by atoms with Gasteiger partial charge in [-0.2, -0.15) is 0 Å². The molecule has 2 heteroatoms. The molecular weight excluding hydrogens is 234 g/mol. The average Bonchev–Trinajstić information content (AvgIpc) is 1.90. The lowest BCUT2D eigenvalue weighted by Gasteiger charge is -2.48. The van der Waals surface area contributed by atoms with E-state index in [9.17, 15) is 5.11 Å². The van der Waals surface area contributed by atoms with Gasteiger partial charge in [0.1, 0.15) is 6.54 Å². The van der Waals surface area contributed by atoms with Crippen molar-refractivity contribution >= 4 is 0 Å². The van der Waals surface area contributed by atoms with Crippen molar-refractivity contribution in [3.8, 4) is 0 Å². The largest absolute Gasteiger partial charge is 0.391 e. The van der Waals surface area contributed by atoms with Gasteiger partial charge in [-0.1, -0.05) is 62.3 Å². The third kappa shape index (κ3) is 9.45. The van der Waals surface area contributed by atoms with Crippen LogP contribution in [0.1, 0.15) is 62.3 Å². The Bertz CT molecular complexity index is 222. The molecule has 0 atom stereocenters. The van der Waals surface area contributed by atoms with Gasteiger partial charge in [-0.25, -0.2) is 0 Å². The van der Waals surface area contributed by atoms with E-state index in [4.69, 9.17) is 0 Å². The zero-order valence-electron chi connectivity index (χ0n) is 14.9. The lowest BCUT2D eigenvalue weighted by atomic mass is 9.86. The van der Waals surface area contributed by atoms with Crippen LogP contribution >= 0.6 is 0 Å². The maximum atomic E-state index is 9.58. The van der Waals surface area contributed by atoms with E-state index >= 15 is 0 Å². The molecule has 116 valence electrons. The molecule has 0 aromatic carbocycles. The molecule has 2 nitrogen and oxygen atoms in total. The van der Waals surface area contributed by atoms with Gasteiger partial charge in [-0.15, -0.1) is 0 Å². The first-order valence-electron chi connectivity index (χ1n) is 7.64. The fraction of sp³-hybridized carbons (Fsp3) is 1.00. The van der Waals surface area contributed by atoms with E-state index in [1.54, 1.807) is 0 Å². The first-order valence-corrected chi connectivity index (χ1v) is 7.64. The zero-order valence-corrected chi connectivity index (χ0v) is 14.9. The van der Waals surface area contributed by atoms with Crippen LogP contribution in [0.5, 0.6) is 0 Å². The molecule has 0 aliphatic rings. The van der Waals surface area contributed by atoms with Crippen LogP contribution in [0.15, 0.2) is 0 Å². The molecule has 0 aromatic heterocycles. The molecule has 19 heavy (non-hydrogen) atoms. The number of nitrogens with zero attached hydrogens (tertiary/aromatic N) is 1. The van der Waals surface area contributed by atoms with Gasteiger partial charge in [0.15, 0.2) is 0 Å². The molecule has 0 aliphatic heterocycles. The summed E-state index contributed by atoms with van der Waals surface area (Å²) < 4.78 is 1.02. The summed E-state index contributed by atoms with van der Waals surface area (Å²) in [6.45, 7) is 25.3. The Kier molecular flexibility index (Phi) is 6.11. The van der Waals surface area contributed by atoms with Crippen LogP contribution in [0.3, 0.4) is 0 Å². The summed E-state index contributed by atoms with van der Waals surface area (Å²) in [4.78, 5) is 0. The van der Waals surface area contributed by atoms with Crippen molar-refractivity contribution in [1.82, 2.24) is 0 Å². The quantitative estimate of drug-likeness (QED) is 0.752. The topological polar surface area (TPSA) is 20.2 Å². The van der Waals surface area contributed by atoms with Gasteiger partial charge in [0.2, 0.25) is 0 Å². The third-order valence-corrected chi connectivity index (χ3v) is 3.00. The molecule has 0 saturated carbocycles. The zero-order chi connectivity index (χ0) is 15.5. The minimum Gasteiger partial charge on any atom is -0.391 e. The second-order valence-electron chi connectivity index (χ2n) is 9.95. The van der Waals surface area contributed by atoms with E-state index in [2.05, 4.69) is 62.3 Å². The molecule has 0 bridgehead atoms. The Labute approximate surface area is 121 Å². The van der Waals surface area contributed by atoms with Gasteiger partial charge < -0.3 is 9.59 Å². The lowest BCUT2D eigenvalue weighted by molar-refractivity contribution is -0.944. The minimum atomic E-state index is 0.280. The smallest absolute Gasteiger partial charge is 0.102 e. The molecule has 0 aliphatic carbocycles. The third-order valence-electron chi connectivity index (χ3n) is 3.00. The molecule has 1 N–H and O–H groups in total. The number of aliphatic hydroxyl groups is 1. The van der Waals surface area contributed by atoms with E-state index in [0.29, 0.717) is 0 Å². The number of quaternary nitrogens is 1. The molecule has 0 spiro atoms. The highest BCUT2D eigenvalue weighted by Gasteiger charge is 2.39. The second kappa shape index (κ2) is 6.13. The minimum absolute atomic E-state index is 0.280. The van der Waals surface area contributed by atoms with Crippen LogP contribution in [-0.4, -0.2) is 42.4 Å². The summed E-state index contributed by atoms with van der Waals surface area (Å²) in [5.41, 5.74) is 0.850. The highest BCUT2D eigenvalue weighted by Crippen LogP contribution is 2.31. The van der Waals surface area contributed by atoms with E-state index in [-0.39, 0.29) is 22.9 Å². The van der Waals surface area contributed by atoms with Crippen LogP contribution in [-0.2, 0) is 0 Å². The number of aliphatic hydroxyl groups excluding tert-OH is 1. The molecule has 0 unspecified atom stereocenters. The Morgan fingerprint density at radius 2 is 0.895 bits per heavy atom. The molecule has 0 amide bonds. The summed E-state index contributed by atoms with van der Waals surface area (Å²) in [7, 11) is 0. The fourth-order valence-electron chi connectivity index (χ4n) is 3.64. The molecule has 0 saturated heterocycles. The van der Waals surface area contributed by atoms with Gasteiger partial charge >= 0.3 is 0 Å². The Balaban J connectivity index is 5.34. The maximum absolute atomic E-state index is 9.58. The summed E-state index contributed by atoms with van der Waals surface area (Å²) in [5, 5.41) is 9.58. The maximum Gasteiger partial charge on any atom is 0.102 e. The normalized spacial score (nSPS) is 14.8. The van der Waals surface area contributed by atoms with Crippen LogP contribution in [0.2, 0.25) is 0 Å². The van der Waals surface area contributed by atoms with Gasteiger partial charge in [0.25, 0.3) is 0 Å². The Morgan fingerprint density at radius 1 is 0.632 bits per heavy atom. The fourth-order valence-corrected chi connectivity index (χ4v) is 3.64. The van der Waals surface area contributed by atoms with Crippen molar-refractivity contribution in [3.05, 3.63) is 0 Å². The standard InChI is InChI=1S/C17H38NO/c1-15(2,3)12-18(10-11-19,13-16(4,5)6)14-17(7,8)9/h19H,10-14H2,1-9H3/q+1. The first-order chi connectivity index (χ1) is 8.18. The molecule has 0 radical (unpaired) electrons. The SMILES string of the molecule is CC(C)(C)C[N+](CCO)(CC(C)(C)C)CC(C)(C)C. The molecule has 0 fully saturated rings. The molecular formula is C17H38NO+. The monoisotopic (exact) mass is 272 g/mol. The number of hydrogen-bond acceptors (Lipinski definition) is 1. The van der Waals surface area contributed by atoms with Crippen molar-refractivity contribution in [2.75, 3.05) is 32.8 Å². The van der Waals surface area contributed by atoms with E-state index in [1.165, 1.54) is 0 Å². The Morgan fingerprint density at radius 3 is 1.05 bits per heavy atom. The van der Waals surface area contributed by atoms with Crippen molar-refractivity contribution in [3.63, 3.8) is 0 Å². The van der Waals surface area contributed by atoms with Crippen molar-refractivity contribution in [2.24, 2.45) is 16.2 Å². The molecule has 0 aromatic rings. The number of rotatable bonds is 5. The van der Waals surface area contributed by atoms with Crippen LogP contribution < -0.4 is 0 Å². The Hall–Kier alpha value is -0.0800. The second-order valence-corrected chi connectivity index (χ2v) is 9.95. The van der Waals surface area contributed by atoms with Crippen molar-refractivity contribution < 1.29 is 9.59 Å². The first kappa shape index (κ1) is 18.9. The number of hydrogen-bond donors (Lipinski definition) is 1. The predicted molar refractivity (Wildman–Crippen MR) is 85.2 cm³/mol. The van der Waals surface area contributed by atoms with Gasteiger partial charge in [-0.05, 0) is 0 Å². The molecule has 0 rings (SSSR count). The van der Waals surface area contributed by atoms with E-state index in [1.807, 2.05) is 0 Å². The van der Waals surface area contributed by atoms with Gasteiger partial charge in [-0.3, -0.25) is 0 Å². The summed E-state index contributed by atoms with van der Waals surface area (Å²) >= 11 is 0. The highest BCUT2D eigenvalue weighted by atomic mass is 16.3. The summed E-state index contributed by atoms with van der Waals surface area (Å²) in [6.07, 6.45) is 0. The predicted octanol–water partition coefficient (Wildman–Crippen LogP) is 3.93. The van der Waals surface area contributed by atoms with Crippen LogP contribution in [0.25, 0.3) is 0 Å². The van der Waals surface area contributed by atoms with Crippen molar-refractivity contribution in [2.45, 2.75) is 62.3 Å². The van der Waals surface area contributed by atoms with Gasteiger partial charge in [0.05, 0.1) is 26.2 Å². The lowest BCUT2D eigenvalue weighted by Crippen LogP contribution is -2.60. The summed E-state index contributed by atoms with van der Waals surface area (Å²) in [6, 6.07) is 0. The summed E-state index contributed by atoms with van der Waals surface area (Å²) in [5.74, 6) is 0. The molecule has 0 heterocycles. The van der Waals surface area contributed by atoms with Crippen LogP contribution in [0, 0.1) is 16.2 Å². The van der Waals surface area contributed by atoms with Crippen LogP contribution in [0.4, 0.5) is 0 Å². The average molecular weight is 272 g/mol. The highest BCUT2D eigenvalue weighted by molar-refractivity contribution is 4.70. The van der Waals surface area contributed by atoms with E-state index in [0.717, 1.165) is 30.7 Å². The van der Waals surface area contributed by atoms with Crippen molar-refractivity contribution in [1.29, 1.82) is 0 Å². The van der Waals surface area contributed by atoms with Gasteiger partial charge in [0, 0.05) is 16.2 Å².